The van der Waals surface area contributed by atoms with Crippen LogP contribution in [0.4, 0.5) is 5.82 Å². The van der Waals surface area contributed by atoms with Crippen LogP contribution in [0.15, 0.2) is 30.9 Å². The first-order valence-corrected chi connectivity index (χ1v) is 15.6. The molecule has 5 rings (SSSR count). The SMILES string of the molecule is CCO[C@@H]1[C@H](O)[C@@H](CN(C(C)C)C2CC(CCC(=O)O)C2)C[C@H]1n1cnc2c(NCc3ccc(OC)cc3OC)ncnc21. The third kappa shape index (κ3) is 6.77. The summed E-state index contributed by atoms with van der Waals surface area (Å²) in [6, 6.07) is 6.28. The van der Waals surface area contributed by atoms with E-state index in [1.54, 1.807) is 20.5 Å². The van der Waals surface area contributed by atoms with Gasteiger partial charge in [-0.3, -0.25) is 9.69 Å². The average Bonchev–Trinajstić information content (AvgIpc) is 3.55. The van der Waals surface area contributed by atoms with Gasteiger partial charge in [0.25, 0.3) is 0 Å². The van der Waals surface area contributed by atoms with Gasteiger partial charge in [0.2, 0.25) is 0 Å². The maximum Gasteiger partial charge on any atom is 0.303 e. The molecule has 12 heteroatoms. The number of rotatable bonds is 15. The van der Waals surface area contributed by atoms with Crippen molar-refractivity contribution < 1.29 is 29.2 Å². The summed E-state index contributed by atoms with van der Waals surface area (Å²) in [7, 11) is 3.26. The van der Waals surface area contributed by atoms with Gasteiger partial charge in [0.15, 0.2) is 11.5 Å². The number of nitrogens with zero attached hydrogens (tertiary/aromatic N) is 5. The lowest BCUT2D eigenvalue weighted by molar-refractivity contribution is -0.137. The minimum atomic E-state index is -0.728. The largest absolute Gasteiger partial charge is 0.497 e. The Balaban J connectivity index is 1.31. The van der Waals surface area contributed by atoms with Crippen LogP contribution in [0.5, 0.6) is 11.5 Å². The van der Waals surface area contributed by atoms with Crippen LogP contribution >= 0.6 is 0 Å². The van der Waals surface area contributed by atoms with Gasteiger partial charge in [0.05, 0.1) is 32.7 Å². The molecule has 0 saturated heterocycles. The molecule has 44 heavy (non-hydrogen) atoms. The number of nitrogens with one attached hydrogen (secondary N) is 1. The number of hydrogen-bond donors (Lipinski definition) is 3. The fourth-order valence-corrected chi connectivity index (χ4v) is 6.92. The molecule has 0 bridgehead atoms. The zero-order valence-electron chi connectivity index (χ0n) is 26.3. The van der Waals surface area contributed by atoms with E-state index in [1.165, 1.54) is 6.33 Å². The highest BCUT2D eigenvalue weighted by molar-refractivity contribution is 5.82. The second-order valence-corrected chi connectivity index (χ2v) is 12.3. The molecule has 12 nitrogen and oxygen atoms in total. The third-order valence-electron chi connectivity index (χ3n) is 9.31. The predicted molar refractivity (Wildman–Crippen MR) is 166 cm³/mol. The number of carbonyl (C=O) groups is 1. The first-order valence-electron chi connectivity index (χ1n) is 15.6. The van der Waals surface area contributed by atoms with E-state index in [0.29, 0.717) is 53.9 Å². The Labute approximate surface area is 258 Å². The first kappa shape index (κ1) is 31.9. The maximum absolute atomic E-state index is 11.6. The molecule has 3 aromatic rings. The van der Waals surface area contributed by atoms with Gasteiger partial charge >= 0.3 is 5.97 Å². The highest BCUT2D eigenvalue weighted by Gasteiger charge is 2.46. The number of fused-ring (bicyclic) bond motifs is 1. The maximum atomic E-state index is 11.6. The summed E-state index contributed by atoms with van der Waals surface area (Å²) in [5, 5.41) is 24.0. The minimum absolute atomic E-state index is 0.0106. The van der Waals surface area contributed by atoms with Crippen LogP contribution in [0.2, 0.25) is 0 Å². The Kier molecular flexibility index (Phi) is 10.2. The number of ether oxygens (including phenoxy) is 3. The Morgan fingerprint density at radius 3 is 2.64 bits per heavy atom. The zero-order valence-corrected chi connectivity index (χ0v) is 26.3. The van der Waals surface area contributed by atoms with Crippen molar-refractivity contribution >= 4 is 23.0 Å². The van der Waals surface area contributed by atoms with E-state index < -0.39 is 18.2 Å². The van der Waals surface area contributed by atoms with Crippen LogP contribution in [0, 0.1) is 11.8 Å². The topological polar surface area (TPSA) is 144 Å². The van der Waals surface area contributed by atoms with Crippen LogP contribution < -0.4 is 14.8 Å². The van der Waals surface area contributed by atoms with Crippen molar-refractivity contribution in [1.29, 1.82) is 0 Å². The number of aromatic nitrogens is 4. The molecule has 0 unspecified atom stereocenters. The van der Waals surface area contributed by atoms with Crippen molar-refractivity contribution in [2.75, 3.05) is 32.7 Å². The number of anilines is 1. The number of aliphatic hydroxyl groups excluding tert-OH is 1. The fourth-order valence-electron chi connectivity index (χ4n) is 6.92. The molecule has 0 radical (unpaired) electrons. The van der Waals surface area contributed by atoms with Crippen LogP contribution in [-0.2, 0) is 16.1 Å². The lowest BCUT2D eigenvalue weighted by Gasteiger charge is -2.46. The second-order valence-electron chi connectivity index (χ2n) is 12.3. The lowest BCUT2D eigenvalue weighted by atomic mass is 9.76. The molecule has 2 aliphatic carbocycles. The Hall–Kier alpha value is -3.48. The molecule has 4 atom stereocenters. The summed E-state index contributed by atoms with van der Waals surface area (Å²) in [5.41, 5.74) is 2.29. The van der Waals surface area contributed by atoms with E-state index in [1.807, 2.05) is 29.7 Å². The van der Waals surface area contributed by atoms with Gasteiger partial charge in [-0.2, -0.15) is 0 Å². The van der Waals surface area contributed by atoms with Crippen molar-refractivity contribution in [2.45, 2.75) is 89.8 Å². The van der Waals surface area contributed by atoms with Gasteiger partial charge in [-0.15, -0.1) is 0 Å². The molecule has 0 amide bonds. The number of methoxy groups -OCH3 is 2. The smallest absolute Gasteiger partial charge is 0.303 e. The number of benzene rings is 1. The zero-order chi connectivity index (χ0) is 31.4. The summed E-state index contributed by atoms with van der Waals surface area (Å²) in [6.07, 6.45) is 5.99. The van der Waals surface area contributed by atoms with Crippen molar-refractivity contribution in [3.05, 3.63) is 36.4 Å². The molecule has 0 aliphatic heterocycles. The Morgan fingerprint density at radius 1 is 1.16 bits per heavy atom. The van der Waals surface area contributed by atoms with Crippen molar-refractivity contribution in [3.8, 4) is 11.5 Å². The van der Waals surface area contributed by atoms with Gasteiger partial charge in [0.1, 0.15) is 29.4 Å². The predicted octanol–water partition coefficient (Wildman–Crippen LogP) is 4.14. The molecular formula is C32H46N6O6. The van der Waals surface area contributed by atoms with Gasteiger partial charge in [-0.1, -0.05) is 0 Å². The van der Waals surface area contributed by atoms with Crippen LogP contribution in [0.1, 0.15) is 64.5 Å². The summed E-state index contributed by atoms with van der Waals surface area (Å²) in [4.78, 5) is 27.3. The normalized spacial score (nSPS) is 25.0. The monoisotopic (exact) mass is 610 g/mol. The number of aliphatic carboxylic acids is 1. The molecular weight excluding hydrogens is 564 g/mol. The van der Waals surface area contributed by atoms with E-state index in [0.717, 1.165) is 43.5 Å². The van der Waals surface area contributed by atoms with E-state index in [4.69, 9.17) is 24.3 Å². The molecule has 1 aromatic carbocycles. The van der Waals surface area contributed by atoms with Crippen molar-refractivity contribution in [3.63, 3.8) is 0 Å². The molecule has 2 heterocycles. The molecule has 2 aliphatic rings. The van der Waals surface area contributed by atoms with E-state index in [-0.39, 0.29) is 18.4 Å². The molecule has 3 N–H and O–H groups in total. The summed E-state index contributed by atoms with van der Waals surface area (Å²) in [5.74, 6) is 1.79. The Morgan fingerprint density at radius 2 is 1.95 bits per heavy atom. The Bertz CT molecular complexity index is 1410. The van der Waals surface area contributed by atoms with Gasteiger partial charge in [-0.05, 0) is 64.5 Å². The molecule has 2 aromatic heterocycles. The van der Waals surface area contributed by atoms with Gasteiger partial charge in [-0.25, -0.2) is 15.0 Å². The number of imidazole rings is 1. The van der Waals surface area contributed by atoms with Crippen LogP contribution in [-0.4, -0.2) is 92.3 Å². The summed E-state index contributed by atoms with van der Waals surface area (Å²) in [6.45, 7) is 8.06. The fraction of sp³-hybridized carbons (Fsp3) is 0.625. The summed E-state index contributed by atoms with van der Waals surface area (Å²) < 4.78 is 19.1. The number of hydrogen-bond acceptors (Lipinski definition) is 10. The number of carboxylic acid groups (broad SMARTS) is 1. The second kappa shape index (κ2) is 14.1. The third-order valence-corrected chi connectivity index (χ3v) is 9.31. The average molecular weight is 611 g/mol. The highest BCUT2D eigenvalue weighted by atomic mass is 16.5. The van der Waals surface area contributed by atoms with E-state index >= 15 is 0 Å². The van der Waals surface area contributed by atoms with E-state index in [9.17, 15) is 9.90 Å². The summed E-state index contributed by atoms with van der Waals surface area (Å²) >= 11 is 0. The van der Waals surface area contributed by atoms with Gasteiger partial charge < -0.3 is 34.3 Å². The first-order chi connectivity index (χ1) is 21.2. The number of aliphatic hydroxyl groups is 1. The van der Waals surface area contributed by atoms with E-state index in [2.05, 4.69) is 34.0 Å². The van der Waals surface area contributed by atoms with Crippen LogP contribution in [0.25, 0.3) is 11.2 Å². The molecule has 2 saturated carbocycles. The van der Waals surface area contributed by atoms with Crippen molar-refractivity contribution in [2.24, 2.45) is 11.8 Å². The highest BCUT2D eigenvalue weighted by Crippen LogP contribution is 2.42. The molecule has 0 spiro atoms. The van der Waals surface area contributed by atoms with Gasteiger partial charge in [0, 0.05) is 55.7 Å². The van der Waals surface area contributed by atoms with Crippen molar-refractivity contribution in [1.82, 2.24) is 24.4 Å². The quantitative estimate of drug-likeness (QED) is 0.228. The molecule has 240 valence electrons. The standard InChI is InChI=1S/C32H46N6O6/c1-6-44-30-25(13-22(29(30)41)16-37(19(2)3)23-11-20(12-23)7-10-27(39)40)38-18-36-28-31(34-17-35-32(28)38)33-15-21-8-9-24(42-4)14-26(21)43-5/h8-9,14,17-20,22-23,25,29-30,41H,6-7,10-13,15-16H2,1-5H3,(H,39,40)(H,33,34,35)/t20?,22-,23?,25-,29-,30+/m1/s1. The van der Waals surface area contributed by atoms with Crippen LogP contribution in [0.3, 0.4) is 0 Å². The lowest BCUT2D eigenvalue weighted by Crippen LogP contribution is -2.51. The molecule has 2 fully saturated rings. The minimum Gasteiger partial charge on any atom is -0.497 e. The number of carboxylic acids is 1.